The Labute approximate surface area is 111 Å². The van der Waals surface area contributed by atoms with Crippen LogP contribution < -0.4 is 0 Å². The smallest absolute Gasteiger partial charge is 0.278 e. The summed E-state index contributed by atoms with van der Waals surface area (Å²) in [5, 5.41) is 11.2. The highest BCUT2D eigenvalue weighted by Gasteiger charge is 2.14. The van der Waals surface area contributed by atoms with Gasteiger partial charge in [0.05, 0.1) is 28.7 Å². The Morgan fingerprint density at radius 1 is 1.42 bits per heavy atom. The summed E-state index contributed by atoms with van der Waals surface area (Å²) in [4.78, 5) is 14.9. The molecule has 0 saturated heterocycles. The molecular weight excluding hydrogens is 242 g/mol. The van der Waals surface area contributed by atoms with E-state index in [-0.39, 0.29) is 10.6 Å². The van der Waals surface area contributed by atoms with Crippen molar-refractivity contribution in [2.45, 2.75) is 19.9 Å². The Balaban J connectivity index is 2.42. The zero-order chi connectivity index (χ0) is 13.7. The predicted molar refractivity (Wildman–Crippen MR) is 73.8 cm³/mol. The van der Waals surface area contributed by atoms with Crippen molar-refractivity contribution in [3.05, 3.63) is 64.2 Å². The van der Waals surface area contributed by atoms with Gasteiger partial charge in [0.25, 0.3) is 5.70 Å². The van der Waals surface area contributed by atoms with E-state index in [0.29, 0.717) is 5.56 Å². The maximum atomic E-state index is 11.2. The Morgan fingerprint density at radius 3 is 2.79 bits per heavy atom. The van der Waals surface area contributed by atoms with Crippen LogP contribution in [0.1, 0.15) is 24.6 Å². The van der Waals surface area contributed by atoms with Crippen LogP contribution in [0.5, 0.6) is 0 Å². The van der Waals surface area contributed by atoms with Gasteiger partial charge >= 0.3 is 0 Å². The quantitative estimate of drug-likeness (QED) is 0.611. The van der Waals surface area contributed by atoms with Crippen molar-refractivity contribution in [2.75, 3.05) is 0 Å². The molecule has 1 aromatic heterocycles. The van der Waals surface area contributed by atoms with E-state index >= 15 is 0 Å². The number of aryl methyl sites for hydroxylation is 1. The minimum Gasteiger partial charge on any atom is -0.331 e. The molecule has 0 bridgehead atoms. The van der Waals surface area contributed by atoms with Crippen LogP contribution in [0, 0.1) is 10.1 Å². The van der Waals surface area contributed by atoms with Gasteiger partial charge in [-0.05, 0) is 18.6 Å². The zero-order valence-electron chi connectivity index (χ0n) is 10.7. The van der Waals surface area contributed by atoms with Gasteiger partial charge in [0.1, 0.15) is 0 Å². The van der Waals surface area contributed by atoms with Crippen molar-refractivity contribution >= 4 is 11.8 Å². The average molecular weight is 257 g/mol. The van der Waals surface area contributed by atoms with Gasteiger partial charge in [-0.15, -0.1) is 0 Å². The second-order valence-electron chi connectivity index (χ2n) is 4.16. The number of hydrogen-bond acceptors (Lipinski definition) is 3. The van der Waals surface area contributed by atoms with Crippen molar-refractivity contribution < 1.29 is 4.92 Å². The minimum absolute atomic E-state index is 0.0819. The van der Waals surface area contributed by atoms with E-state index in [1.54, 1.807) is 42.9 Å². The molecule has 5 nitrogen and oxygen atoms in total. The van der Waals surface area contributed by atoms with Crippen molar-refractivity contribution in [3.63, 3.8) is 0 Å². The van der Waals surface area contributed by atoms with E-state index in [1.807, 2.05) is 10.6 Å². The Bertz CT molecular complexity index is 588. The lowest BCUT2D eigenvalue weighted by molar-refractivity contribution is -0.374. The van der Waals surface area contributed by atoms with Crippen molar-refractivity contribution in [1.29, 1.82) is 0 Å². The normalized spacial score (nSPS) is 11.5. The lowest BCUT2D eigenvalue weighted by atomic mass is 10.1. The van der Waals surface area contributed by atoms with E-state index < -0.39 is 0 Å². The summed E-state index contributed by atoms with van der Waals surface area (Å²) in [6.45, 7) is 2.85. The molecule has 0 atom stereocenters. The molecular formula is C14H15N3O2. The summed E-state index contributed by atoms with van der Waals surface area (Å²) in [5.41, 5.74) is 1.42. The molecule has 98 valence electrons. The highest BCUT2D eigenvalue weighted by molar-refractivity contribution is 5.75. The third-order valence-electron chi connectivity index (χ3n) is 2.76. The van der Waals surface area contributed by atoms with E-state index in [1.165, 1.54) is 0 Å². The van der Waals surface area contributed by atoms with E-state index in [0.717, 1.165) is 18.7 Å². The van der Waals surface area contributed by atoms with E-state index in [4.69, 9.17) is 0 Å². The lowest BCUT2D eigenvalue weighted by Gasteiger charge is -2.03. The first kappa shape index (κ1) is 13.0. The van der Waals surface area contributed by atoms with Crippen LogP contribution in [-0.4, -0.2) is 14.5 Å². The molecule has 0 amide bonds. The third kappa shape index (κ3) is 3.07. The van der Waals surface area contributed by atoms with Crippen LogP contribution in [0.3, 0.4) is 0 Å². The maximum Gasteiger partial charge on any atom is 0.278 e. The molecule has 0 spiro atoms. The van der Waals surface area contributed by atoms with Crippen LogP contribution in [0.4, 0.5) is 0 Å². The average Bonchev–Trinajstić information content (AvgIpc) is 2.84. The van der Waals surface area contributed by atoms with Crippen LogP contribution in [0.2, 0.25) is 0 Å². The molecule has 1 aromatic carbocycles. The number of imidazole rings is 1. The molecule has 1 heterocycles. The monoisotopic (exact) mass is 257 g/mol. The predicted octanol–water partition coefficient (Wildman–Crippen LogP) is 3.07. The Morgan fingerprint density at radius 2 is 2.16 bits per heavy atom. The molecule has 0 aliphatic carbocycles. The first-order chi connectivity index (χ1) is 9.22. The molecule has 0 N–H and O–H groups in total. The fourth-order valence-corrected chi connectivity index (χ4v) is 1.87. The second-order valence-corrected chi connectivity index (χ2v) is 4.16. The van der Waals surface area contributed by atoms with Gasteiger partial charge in [0, 0.05) is 12.6 Å². The van der Waals surface area contributed by atoms with E-state index in [2.05, 4.69) is 11.9 Å². The van der Waals surface area contributed by atoms with Crippen LogP contribution in [-0.2, 0) is 6.54 Å². The lowest BCUT2D eigenvalue weighted by Crippen LogP contribution is -2.01. The zero-order valence-corrected chi connectivity index (χ0v) is 10.7. The molecule has 2 rings (SSSR count). The first-order valence-electron chi connectivity index (χ1n) is 6.14. The molecule has 0 aliphatic heterocycles. The van der Waals surface area contributed by atoms with Crippen molar-refractivity contribution in [3.8, 4) is 0 Å². The Kier molecular flexibility index (Phi) is 4.07. The summed E-state index contributed by atoms with van der Waals surface area (Å²) in [5.74, 6) is 0. The highest BCUT2D eigenvalue weighted by atomic mass is 16.6. The van der Waals surface area contributed by atoms with Crippen molar-refractivity contribution in [1.82, 2.24) is 9.55 Å². The first-order valence-corrected chi connectivity index (χ1v) is 6.14. The van der Waals surface area contributed by atoms with Crippen LogP contribution in [0.15, 0.2) is 42.9 Å². The fourth-order valence-electron chi connectivity index (χ4n) is 1.87. The molecule has 0 radical (unpaired) electrons. The minimum atomic E-state index is -0.362. The summed E-state index contributed by atoms with van der Waals surface area (Å²) in [6, 6.07) is 8.87. The highest BCUT2D eigenvalue weighted by Crippen LogP contribution is 2.18. The number of nitro groups is 1. The topological polar surface area (TPSA) is 61.0 Å². The van der Waals surface area contributed by atoms with Crippen LogP contribution in [0.25, 0.3) is 11.8 Å². The number of hydrogen-bond donors (Lipinski definition) is 0. The van der Waals surface area contributed by atoms with Gasteiger partial charge in [0.2, 0.25) is 0 Å². The number of benzene rings is 1. The SMILES string of the molecule is CCCn1cncc1C=C(c1ccccc1)[N+](=O)[O-]. The van der Waals surface area contributed by atoms with E-state index in [9.17, 15) is 10.1 Å². The number of aromatic nitrogens is 2. The summed E-state index contributed by atoms with van der Waals surface area (Å²) in [6.07, 6.45) is 5.86. The molecule has 0 unspecified atom stereocenters. The Hall–Kier alpha value is -2.43. The van der Waals surface area contributed by atoms with Crippen LogP contribution >= 0.6 is 0 Å². The molecule has 2 aromatic rings. The van der Waals surface area contributed by atoms with Crippen molar-refractivity contribution in [2.24, 2.45) is 0 Å². The standard InChI is InChI=1S/C14H15N3O2/c1-2-8-16-11-15-10-13(16)9-14(17(18)19)12-6-4-3-5-7-12/h3-7,9-11H,2,8H2,1H3. The molecule has 19 heavy (non-hydrogen) atoms. The largest absolute Gasteiger partial charge is 0.331 e. The van der Waals surface area contributed by atoms with Gasteiger partial charge < -0.3 is 4.57 Å². The molecule has 0 fully saturated rings. The summed E-state index contributed by atoms with van der Waals surface area (Å²) < 4.78 is 1.91. The van der Waals surface area contributed by atoms with Gasteiger partial charge in [-0.25, -0.2) is 4.98 Å². The maximum absolute atomic E-state index is 11.2. The van der Waals surface area contributed by atoms with Gasteiger partial charge in [0.15, 0.2) is 0 Å². The molecule has 0 saturated carbocycles. The fraction of sp³-hybridized carbons (Fsp3) is 0.214. The van der Waals surface area contributed by atoms with Gasteiger partial charge in [-0.1, -0.05) is 25.1 Å². The van der Waals surface area contributed by atoms with Gasteiger partial charge in [-0.3, -0.25) is 10.1 Å². The summed E-state index contributed by atoms with van der Waals surface area (Å²) >= 11 is 0. The second kappa shape index (κ2) is 5.95. The molecule has 5 heteroatoms. The third-order valence-corrected chi connectivity index (χ3v) is 2.76. The number of nitrogens with zero attached hydrogens (tertiary/aromatic N) is 3. The molecule has 0 aliphatic rings. The summed E-state index contributed by atoms with van der Waals surface area (Å²) in [7, 11) is 0. The van der Waals surface area contributed by atoms with Gasteiger partial charge in [-0.2, -0.15) is 0 Å². The number of rotatable bonds is 5.